The molecule has 0 saturated carbocycles. The first-order valence-electron chi connectivity index (χ1n) is 12.4. The van der Waals surface area contributed by atoms with Gasteiger partial charge in [0, 0.05) is 29.6 Å². The summed E-state index contributed by atoms with van der Waals surface area (Å²) >= 11 is 0.756. The Labute approximate surface area is 256 Å². The van der Waals surface area contributed by atoms with Crippen molar-refractivity contribution in [2.24, 2.45) is 7.05 Å². The number of carbonyl (C=O) groups is 1. The lowest BCUT2D eigenvalue weighted by molar-refractivity contribution is -0.384. The molecule has 1 heterocycles. The van der Waals surface area contributed by atoms with Crippen molar-refractivity contribution in [2.45, 2.75) is 34.7 Å². The lowest BCUT2D eigenvalue weighted by Crippen LogP contribution is -2.50. The summed E-state index contributed by atoms with van der Waals surface area (Å²) in [5, 5.41) is 24.2. The highest BCUT2D eigenvalue weighted by Crippen LogP contribution is 2.53. The van der Waals surface area contributed by atoms with E-state index in [9.17, 15) is 45.6 Å². The van der Waals surface area contributed by atoms with Gasteiger partial charge in [-0.1, -0.05) is 12.1 Å². The van der Waals surface area contributed by atoms with Crippen LogP contribution in [0.25, 0.3) is 0 Å². The number of nitrogens with one attached hydrogen (secondary N) is 1. The third-order valence-electron chi connectivity index (χ3n) is 6.16. The number of anilines is 1. The molecule has 0 saturated heterocycles. The van der Waals surface area contributed by atoms with Gasteiger partial charge in [0.1, 0.15) is 23.8 Å². The van der Waals surface area contributed by atoms with E-state index in [0.717, 1.165) is 30.0 Å². The molecule has 0 aliphatic rings. The number of rotatable bonds is 11. The zero-order valence-electron chi connectivity index (χ0n) is 23.1. The number of hydrogen-bond donors (Lipinski definition) is 1. The van der Waals surface area contributed by atoms with E-state index >= 15 is 4.39 Å². The van der Waals surface area contributed by atoms with Crippen LogP contribution in [0.15, 0.2) is 64.6 Å². The van der Waals surface area contributed by atoms with E-state index in [1.807, 2.05) is 5.32 Å². The van der Waals surface area contributed by atoms with Gasteiger partial charge in [0.05, 0.1) is 17.6 Å². The number of benzene rings is 3. The number of methoxy groups -OCH3 is 1. The van der Waals surface area contributed by atoms with Gasteiger partial charge in [-0.3, -0.25) is 14.9 Å². The van der Waals surface area contributed by atoms with E-state index in [4.69, 9.17) is 9.47 Å². The van der Waals surface area contributed by atoms with Crippen molar-refractivity contribution in [3.05, 3.63) is 87.2 Å². The number of nitrogens with zero attached hydrogens (tertiary/aromatic N) is 5. The Kier molecular flexibility index (Phi) is 9.41. The number of halogens is 8. The maximum absolute atomic E-state index is 15.4. The predicted octanol–water partition coefficient (Wildman–Crippen LogP) is 6.54. The number of nitro groups is 1. The van der Waals surface area contributed by atoms with Crippen LogP contribution in [0.1, 0.15) is 21.5 Å². The molecule has 0 aliphatic heterocycles. The van der Waals surface area contributed by atoms with Crippen molar-refractivity contribution in [2.75, 3.05) is 12.4 Å². The zero-order chi connectivity index (χ0) is 34.0. The number of aryl methyl sites for hydroxylation is 1. The van der Waals surface area contributed by atoms with Gasteiger partial charge in [-0.25, -0.2) is 9.07 Å². The molecule has 11 nitrogen and oxygen atoms in total. The van der Waals surface area contributed by atoms with Crippen LogP contribution < -0.4 is 14.8 Å². The Bertz CT molecular complexity index is 1770. The van der Waals surface area contributed by atoms with E-state index in [1.54, 1.807) is 0 Å². The fraction of sp³-hybridized carbons (Fsp3) is 0.231. The van der Waals surface area contributed by atoms with Crippen LogP contribution in [-0.2, 0) is 19.6 Å². The third kappa shape index (κ3) is 6.80. The monoisotopic (exact) mass is 678 g/mol. The Morgan fingerprint density at radius 3 is 2.28 bits per heavy atom. The zero-order valence-corrected chi connectivity index (χ0v) is 23.9. The van der Waals surface area contributed by atoms with Crippen LogP contribution in [0.3, 0.4) is 0 Å². The van der Waals surface area contributed by atoms with Crippen LogP contribution in [-0.4, -0.2) is 50.2 Å². The average molecular weight is 679 g/mol. The van der Waals surface area contributed by atoms with Gasteiger partial charge in [-0.2, -0.15) is 30.7 Å². The highest BCUT2D eigenvalue weighted by Gasteiger charge is 2.73. The van der Waals surface area contributed by atoms with Gasteiger partial charge < -0.3 is 14.8 Å². The van der Waals surface area contributed by atoms with Gasteiger partial charge in [-0.05, 0) is 58.1 Å². The Hall–Kier alpha value is -5.01. The van der Waals surface area contributed by atoms with E-state index in [-0.39, 0.29) is 27.7 Å². The SMILES string of the molecule is COc1ccc(COc2cc(C(F)(F)C(F)(F)C(F)(F)F)cc(F)c2NC(=O)c2cc([N+](=O)[O-])ccc2Sc2nnnn2C)cc1. The second kappa shape index (κ2) is 12.8. The molecule has 0 unspecified atom stereocenters. The fourth-order valence-electron chi connectivity index (χ4n) is 3.72. The number of amides is 1. The lowest BCUT2D eigenvalue weighted by Gasteiger charge is -2.29. The number of carbonyl (C=O) groups excluding carboxylic acids is 1. The maximum Gasteiger partial charge on any atom is 0.460 e. The summed E-state index contributed by atoms with van der Waals surface area (Å²) in [6.07, 6.45) is -6.72. The van der Waals surface area contributed by atoms with Crippen LogP contribution in [0.4, 0.5) is 46.5 Å². The molecule has 0 fully saturated rings. The lowest BCUT2D eigenvalue weighted by atomic mass is 10.0. The highest BCUT2D eigenvalue weighted by molar-refractivity contribution is 7.99. The van der Waals surface area contributed by atoms with Crippen molar-refractivity contribution in [3.8, 4) is 11.5 Å². The average Bonchev–Trinajstić information content (AvgIpc) is 3.40. The first-order chi connectivity index (χ1) is 21.5. The summed E-state index contributed by atoms with van der Waals surface area (Å²) < 4.78 is 122. The molecule has 4 rings (SSSR count). The second-order valence-electron chi connectivity index (χ2n) is 9.19. The molecule has 1 amide bonds. The van der Waals surface area contributed by atoms with Crippen LogP contribution in [0.2, 0.25) is 0 Å². The molecule has 0 bridgehead atoms. The predicted molar refractivity (Wildman–Crippen MR) is 143 cm³/mol. The molecule has 0 radical (unpaired) electrons. The van der Waals surface area contributed by atoms with Gasteiger partial charge >= 0.3 is 18.0 Å². The number of alkyl halides is 7. The molecular formula is C26H18F8N6O5S. The Morgan fingerprint density at radius 2 is 1.72 bits per heavy atom. The van der Waals surface area contributed by atoms with Crippen molar-refractivity contribution in [1.29, 1.82) is 0 Å². The molecule has 1 aromatic heterocycles. The summed E-state index contributed by atoms with van der Waals surface area (Å²) in [7, 11) is 2.80. The molecule has 3 aromatic carbocycles. The number of hydrogen-bond acceptors (Lipinski definition) is 9. The molecule has 0 spiro atoms. The maximum atomic E-state index is 15.4. The fourth-order valence-corrected chi connectivity index (χ4v) is 4.57. The molecule has 0 atom stereocenters. The van der Waals surface area contributed by atoms with E-state index < -0.39 is 69.5 Å². The first-order valence-corrected chi connectivity index (χ1v) is 13.2. The smallest absolute Gasteiger partial charge is 0.460 e. The minimum absolute atomic E-state index is 0.00455. The number of aromatic nitrogens is 4. The largest absolute Gasteiger partial charge is 0.497 e. The van der Waals surface area contributed by atoms with E-state index in [1.165, 1.54) is 43.1 Å². The van der Waals surface area contributed by atoms with Gasteiger partial charge in [0.2, 0.25) is 5.16 Å². The normalized spacial score (nSPS) is 12.1. The molecule has 1 N–H and O–H groups in total. The standard InChI is InChI=1S/C26H18F8N6O5S/c1-39-23(36-37-38-39)46-20-8-5-15(40(42)43)11-17(20)22(41)35-21-18(27)9-14(24(28,29)25(30,31)26(32,33)34)10-19(21)45-12-13-3-6-16(44-2)7-4-13/h3-11H,12H2,1-2H3,(H,35,41). The van der Waals surface area contributed by atoms with Crippen LogP contribution in [0.5, 0.6) is 11.5 Å². The topological polar surface area (TPSA) is 134 Å². The molecule has 244 valence electrons. The summed E-state index contributed by atoms with van der Waals surface area (Å²) in [6, 6.07) is 8.41. The van der Waals surface area contributed by atoms with E-state index in [2.05, 4.69) is 15.5 Å². The number of tetrazole rings is 1. The molecule has 46 heavy (non-hydrogen) atoms. The number of ether oxygens (including phenoxy) is 2. The van der Waals surface area contributed by atoms with Crippen molar-refractivity contribution in [1.82, 2.24) is 20.2 Å². The highest BCUT2D eigenvalue weighted by atomic mass is 32.2. The van der Waals surface area contributed by atoms with E-state index in [0.29, 0.717) is 5.75 Å². The molecule has 20 heteroatoms. The van der Waals surface area contributed by atoms with Crippen molar-refractivity contribution in [3.63, 3.8) is 0 Å². The molecular weight excluding hydrogens is 660 g/mol. The summed E-state index contributed by atoms with van der Waals surface area (Å²) in [6.45, 7) is -0.575. The van der Waals surface area contributed by atoms with Crippen LogP contribution in [0, 0.1) is 15.9 Å². The van der Waals surface area contributed by atoms with Gasteiger partial charge in [-0.15, -0.1) is 5.10 Å². The first kappa shape index (κ1) is 33.9. The Morgan fingerprint density at radius 1 is 1.04 bits per heavy atom. The minimum Gasteiger partial charge on any atom is -0.497 e. The third-order valence-corrected chi connectivity index (χ3v) is 7.26. The number of non-ortho nitro benzene ring substituents is 1. The molecule has 4 aromatic rings. The Balaban J connectivity index is 1.79. The van der Waals surface area contributed by atoms with Crippen LogP contribution >= 0.6 is 11.8 Å². The number of nitro benzene ring substituents is 1. The van der Waals surface area contributed by atoms with Gasteiger partial charge in [0.15, 0.2) is 5.82 Å². The quantitative estimate of drug-likeness (QED) is 0.107. The van der Waals surface area contributed by atoms with Crippen molar-refractivity contribution >= 4 is 29.0 Å². The summed E-state index contributed by atoms with van der Waals surface area (Å²) in [5.41, 5.74) is -3.94. The second-order valence-corrected chi connectivity index (χ2v) is 10.2. The minimum atomic E-state index is -6.72. The summed E-state index contributed by atoms with van der Waals surface area (Å²) in [5.74, 6) is -16.5. The van der Waals surface area contributed by atoms with Crippen molar-refractivity contribution < 1.29 is 54.3 Å². The molecule has 0 aliphatic carbocycles. The summed E-state index contributed by atoms with van der Waals surface area (Å²) in [4.78, 5) is 23.9. The van der Waals surface area contributed by atoms with Gasteiger partial charge in [0.25, 0.3) is 11.6 Å².